The van der Waals surface area contributed by atoms with E-state index >= 15 is 0 Å². The Kier molecular flexibility index (Phi) is 1.92. The highest BCUT2D eigenvalue weighted by Gasteiger charge is 2.65. The molecule has 0 N–H and O–H groups in total. The molecule has 4 rings (SSSR count). The van der Waals surface area contributed by atoms with Crippen molar-refractivity contribution in [1.29, 1.82) is 0 Å². The summed E-state index contributed by atoms with van der Waals surface area (Å²) in [4.78, 5) is 13.7. The first kappa shape index (κ1) is 11.0. The molecule has 0 aromatic heterocycles. The number of rotatable bonds is 0. The maximum Gasteiger partial charge on any atom is 0.174 e. The molecule has 1 aromatic carbocycles. The van der Waals surface area contributed by atoms with E-state index < -0.39 is 0 Å². The van der Waals surface area contributed by atoms with E-state index in [1.807, 2.05) is 0 Å². The number of nitrogens with zero attached hydrogens (tertiary/aromatic N) is 1. The van der Waals surface area contributed by atoms with Crippen molar-refractivity contribution in [1.82, 2.24) is 4.90 Å². The molecule has 1 saturated heterocycles. The van der Waals surface area contributed by atoms with Crippen LogP contribution in [0.3, 0.4) is 0 Å². The molecule has 2 atom stereocenters. The van der Waals surface area contributed by atoms with E-state index in [0.717, 1.165) is 0 Å². The highest BCUT2D eigenvalue weighted by atomic mass is 17.2. The molecule has 1 saturated carbocycles. The van der Waals surface area contributed by atoms with Gasteiger partial charge in [-0.3, -0.25) is 0 Å². The Morgan fingerprint density at radius 1 is 1.17 bits per heavy atom. The fourth-order valence-corrected chi connectivity index (χ4v) is 3.53. The van der Waals surface area contributed by atoms with Crippen LogP contribution in [0.2, 0.25) is 0 Å². The largest absolute Gasteiger partial charge is 0.237 e. The van der Waals surface area contributed by atoms with E-state index in [4.69, 9.17) is 9.78 Å². The normalized spacial score (nSPS) is 32.6. The topological polar surface area (TPSA) is 21.7 Å². The molecule has 96 valence electrons. The summed E-state index contributed by atoms with van der Waals surface area (Å²) in [5.41, 5.74) is 2.96. The molecule has 3 heteroatoms. The summed E-state index contributed by atoms with van der Waals surface area (Å²) in [7, 11) is 0. The minimum Gasteiger partial charge on any atom is -0.237 e. The SMILES string of the molecule is CC(C)(C)N1[C@H]2OO[C@@H]1C1(CC1)c1ccccc12. The third kappa shape index (κ3) is 1.20. The van der Waals surface area contributed by atoms with Crippen LogP contribution in [0.4, 0.5) is 0 Å². The van der Waals surface area contributed by atoms with Crippen LogP contribution in [0.25, 0.3) is 0 Å². The Balaban J connectivity index is 1.92. The van der Waals surface area contributed by atoms with Gasteiger partial charge in [-0.1, -0.05) is 24.3 Å². The van der Waals surface area contributed by atoms with Gasteiger partial charge in [-0.15, -0.1) is 0 Å². The first-order valence-corrected chi connectivity index (χ1v) is 6.74. The molecule has 1 aliphatic carbocycles. The van der Waals surface area contributed by atoms with Gasteiger partial charge in [0.05, 0.1) is 0 Å². The average Bonchev–Trinajstić information content (AvgIpc) is 3.01. The van der Waals surface area contributed by atoms with E-state index in [1.54, 1.807) is 0 Å². The summed E-state index contributed by atoms with van der Waals surface area (Å²) in [6.07, 6.45) is 2.45. The number of benzene rings is 1. The lowest BCUT2D eigenvalue weighted by atomic mass is 9.82. The smallest absolute Gasteiger partial charge is 0.174 e. The number of hydrogen-bond acceptors (Lipinski definition) is 3. The Hall–Kier alpha value is -0.900. The molecule has 0 amide bonds. The second kappa shape index (κ2) is 3.16. The summed E-state index contributed by atoms with van der Waals surface area (Å²) in [5, 5.41) is 0. The lowest BCUT2D eigenvalue weighted by Crippen LogP contribution is -2.53. The third-order valence-corrected chi connectivity index (χ3v) is 4.54. The molecule has 2 heterocycles. The zero-order valence-electron chi connectivity index (χ0n) is 11.1. The third-order valence-electron chi connectivity index (χ3n) is 4.54. The molecule has 3 aliphatic rings. The van der Waals surface area contributed by atoms with Gasteiger partial charge < -0.3 is 0 Å². The van der Waals surface area contributed by atoms with E-state index in [-0.39, 0.29) is 23.4 Å². The molecule has 1 aromatic rings. The van der Waals surface area contributed by atoms with E-state index in [9.17, 15) is 0 Å². The van der Waals surface area contributed by atoms with Gasteiger partial charge in [0.15, 0.2) is 12.5 Å². The van der Waals surface area contributed by atoms with E-state index in [1.165, 1.54) is 24.0 Å². The van der Waals surface area contributed by atoms with Crippen molar-refractivity contribution in [3.63, 3.8) is 0 Å². The first-order chi connectivity index (χ1) is 8.54. The van der Waals surface area contributed by atoms with Gasteiger partial charge in [-0.25, -0.2) is 14.7 Å². The minimum absolute atomic E-state index is 0.0441. The Labute approximate surface area is 108 Å². The van der Waals surface area contributed by atoms with Gasteiger partial charge in [-0.2, -0.15) is 0 Å². The predicted octanol–water partition coefficient (Wildman–Crippen LogP) is 3.12. The quantitative estimate of drug-likeness (QED) is 0.655. The minimum atomic E-state index is -0.0441. The van der Waals surface area contributed by atoms with Crippen molar-refractivity contribution in [2.45, 2.75) is 57.0 Å². The highest BCUT2D eigenvalue weighted by molar-refractivity contribution is 5.44. The molecule has 1 spiro atoms. The summed E-state index contributed by atoms with van der Waals surface area (Å²) in [5.74, 6) is 0. The Morgan fingerprint density at radius 2 is 1.89 bits per heavy atom. The summed E-state index contributed by atoms with van der Waals surface area (Å²) in [6, 6.07) is 8.66. The van der Waals surface area contributed by atoms with E-state index in [2.05, 4.69) is 49.9 Å². The Bertz CT molecular complexity index is 501. The monoisotopic (exact) mass is 245 g/mol. The van der Waals surface area contributed by atoms with Crippen LogP contribution in [0.5, 0.6) is 0 Å². The van der Waals surface area contributed by atoms with E-state index in [0.29, 0.717) is 0 Å². The van der Waals surface area contributed by atoms with Crippen molar-refractivity contribution < 1.29 is 9.78 Å². The van der Waals surface area contributed by atoms with Crippen LogP contribution in [0.1, 0.15) is 51.0 Å². The molecule has 0 radical (unpaired) electrons. The molecular formula is C15H19NO2. The fourth-order valence-electron chi connectivity index (χ4n) is 3.53. The van der Waals surface area contributed by atoms with Crippen LogP contribution in [-0.2, 0) is 15.2 Å². The molecular weight excluding hydrogens is 226 g/mol. The van der Waals surface area contributed by atoms with Crippen molar-refractivity contribution >= 4 is 0 Å². The van der Waals surface area contributed by atoms with Gasteiger partial charge in [-0.05, 0) is 39.2 Å². The summed E-state index contributed by atoms with van der Waals surface area (Å²) in [6.45, 7) is 6.69. The zero-order chi connectivity index (χ0) is 12.5. The van der Waals surface area contributed by atoms with Gasteiger partial charge in [0, 0.05) is 16.5 Å². The maximum atomic E-state index is 5.70. The summed E-state index contributed by atoms with van der Waals surface area (Å²) < 4.78 is 0. The standard InChI is InChI=1S/C15H19NO2/c1-14(2,3)16-12-10-6-4-5-7-11(10)15(8-9-15)13(16)18-17-12/h4-7,12-13H,8-9H2,1-3H3/t12-,13+/m0/s1. The molecule has 0 unspecified atom stereocenters. The van der Waals surface area contributed by atoms with Crippen LogP contribution in [0.15, 0.2) is 24.3 Å². The zero-order valence-corrected chi connectivity index (χ0v) is 11.1. The summed E-state index contributed by atoms with van der Waals surface area (Å²) >= 11 is 0. The average molecular weight is 245 g/mol. The van der Waals surface area contributed by atoms with Crippen molar-refractivity contribution in [2.75, 3.05) is 0 Å². The lowest BCUT2D eigenvalue weighted by molar-refractivity contribution is -0.299. The molecule has 2 bridgehead atoms. The second-order valence-corrected chi connectivity index (χ2v) is 6.72. The fraction of sp³-hybridized carbons (Fsp3) is 0.600. The second-order valence-electron chi connectivity index (χ2n) is 6.72. The van der Waals surface area contributed by atoms with Gasteiger partial charge in [0.1, 0.15) is 0 Å². The number of fused-ring (bicyclic) bond motifs is 6. The van der Waals surface area contributed by atoms with Gasteiger partial charge in [0.2, 0.25) is 0 Å². The molecule has 3 nitrogen and oxygen atoms in total. The predicted molar refractivity (Wildman–Crippen MR) is 67.6 cm³/mol. The van der Waals surface area contributed by atoms with Gasteiger partial charge in [0.25, 0.3) is 0 Å². The van der Waals surface area contributed by atoms with Crippen molar-refractivity contribution in [3.8, 4) is 0 Å². The van der Waals surface area contributed by atoms with Gasteiger partial charge >= 0.3 is 0 Å². The Morgan fingerprint density at radius 3 is 2.56 bits per heavy atom. The van der Waals surface area contributed by atoms with Crippen molar-refractivity contribution in [3.05, 3.63) is 35.4 Å². The highest BCUT2D eigenvalue weighted by Crippen LogP contribution is 2.62. The molecule has 2 fully saturated rings. The van der Waals surface area contributed by atoms with Crippen LogP contribution in [0, 0.1) is 0 Å². The van der Waals surface area contributed by atoms with Crippen LogP contribution >= 0.6 is 0 Å². The molecule has 2 aliphatic heterocycles. The number of hydrogen-bond donors (Lipinski definition) is 0. The maximum absolute atomic E-state index is 5.70. The van der Waals surface area contributed by atoms with Crippen molar-refractivity contribution in [2.24, 2.45) is 0 Å². The van der Waals surface area contributed by atoms with Crippen LogP contribution < -0.4 is 0 Å². The first-order valence-electron chi connectivity index (χ1n) is 6.74. The lowest BCUT2D eigenvalue weighted by Gasteiger charge is -2.44. The van der Waals surface area contributed by atoms with Crippen LogP contribution in [-0.4, -0.2) is 16.7 Å². The molecule has 18 heavy (non-hydrogen) atoms.